The third-order valence-corrected chi connectivity index (χ3v) is 12.1. The number of halogens is 7. The molecule has 0 aromatic heterocycles. The van der Waals surface area contributed by atoms with Crippen LogP contribution in [-0.2, 0) is 0 Å². The van der Waals surface area contributed by atoms with E-state index >= 15 is 0 Å². The highest BCUT2D eigenvalue weighted by Crippen LogP contribution is 2.39. The van der Waals surface area contributed by atoms with Crippen molar-refractivity contribution >= 4 is 69.6 Å². The summed E-state index contributed by atoms with van der Waals surface area (Å²) in [6, 6.07) is 19.4. The molecule has 1 nitrogen and oxygen atoms in total. The molecule has 0 saturated heterocycles. The lowest BCUT2D eigenvalue weighted by molar-refractivity contribution is -0.597. The number of benzene rings is 2. The van der Waals surface area contributed by atoms with Crippen molar-refractivity contribution in [3.8, 4) is 5.75 Å². The van der Waals surface area contributed by atoms with E-state index in [-0.39, 0.29) is 21.2 Å². The number of unbranched alkanes of at least 4 members (excludes halogenated alkanes) is 5. The highest BCUT2D eigenvalue weighted by molar-refractivity contribution is 6.45. The lowest BCUT2D eigenvalue weighted by Gasteiger charge is -2.37. The first-order valence-corrected chi connectivity index (χ1v) is 16.4. The summed E-state index contributed by atoms with van der Waals surface area (Å²) in [6.45, 7) is 3.10. The average molecular weight is 700 g/mol. The highest BCUT2D eigenvalue weighted by atomic mass is 127. The largest absolute Gasteiger partial charge is 0.494 e. The van der Waals surface area contributed by atoms with Gasteiger partial charge in [0.25, 0.3) is 0 Å². The first-order valence-electron chi connectivity index (χ1n) is 11.6. The molecule has 0 aliphatic heterocycles. The molecule has 1 aliphatic rings. The molecular formula is C26H32Cl6IO+. The number of ether oxygens (including phenoxy) is 1. The Morgan fingerprint density at radius 3 is 1.53 bits per heavy atom. The Labute approximate surface area is 245 Å². The molecule has 2 aromatic carbocycles. The SMILES string of the molecule is CCCCCCCCOc1ccc([I+]c2ccccc2)cc1.Cl[C@H]1[C@H](Cl)[C@@H](Cl)[C@@H](Cl)[C@H](Cl)[C@H]1Cl. The van der Waals surface area contributed by atoms with Crippen molar-refractivity contribution in [2.45, 2.75) is 77.7 Å². The van der Waals surface area contributed by atoms with Gasteiger partial charge in [-0.2, -0.15) is 0 Å². The van der Waals surface area contributed by atoms with Gasteiger partial charge >= 0.3 is 21.2 Å². The van der Waals surface area contributed by atoms with Crippen LogP contribution in [0.5, 0.6) is 5.75 Å². The molecule has 2 aromatic rings. The van der Waals surface area contributed by atoms with E-state index in [1.165, 1.54) is 45.7 Å². The first-order chi connectivity index (χ1) is 16.3. The van der Waals surface area contributed by atoms with Crippen LogP contribution >= 0.6 is 69.6 Å². The zero-order valence-corrected chi connectivity index (χ0v) is 25.9. The van der Waals surface area contributed by atoms with Gasteiger partial charge in [-0.15, -0.1) is 69.6 Å². The van der Waals surface area contributed by atoms with Gasteiger partial charge in [0, 0.05) is 0 Å². The summed E-state index contributed by atoms with van der Waals surface area (Å²) in [7, 11) is 0. The Hall–Kier alpha value is 0.710. The van der Waals surface area contributed by atoms with Crippen molar-refractivity contribution in [1.29, 1.82) is 0 Å². The molecule has 3 rings (SSSR count). The Morgan fingerprint density at radius 2 is 1.03 bits per heavy atom. The van der Waals surface area contributed by atoms with Crippen LogP contribution in [-0.4, -0.2) is 38.9 Å². The van der Waals surface area contributed by atoms with Crippen molar-refractivity contribution in [2.75, 3.05) is 6.61 Å². The van der Waals surface area contributed by atoms with Gasteiger partial charge in [-0.25, -0.2) is 0 Å². The second-order valence-corrected chi connectivity index (χ2v) is 14.2. The van der Waals surface area contributed by atoms with Crippen LogP contribution in [0.1, 0.15) is 45.4 Å². The summed E-state index contributed by atoms with van der Waals surface area (Å²) in [5.41, 5.74) is 0. The van der Waals surface area contributed by atoms with Crippen LogP contribution < -0.4 is 25.9 Å². The first kappa shape index (κ1) is 30.9. The smallest absolute Gasteiger partial charge is 0.357 e. The second kappa shape index (κ2) is 17.3. The maximum absolute atomic E-state index is 5.88. The van der Waals surface area contributed by atoms with E-state index in [1.807, 2.05) is 0 Å². The fourth-order valence-corrected chi connectivity index (χ4v) is 7.86. The van der Waals surface area contributed by atoms with Crippen LogP contribution in [0, 0.1) is 7.14 Å². The molecule has 1 saturated carbocycles. The maximum atomic E-state index is 5.88. The summed E-state index contributed by atoms with van der Waals surface area (Å²) >= 11 is 35.2. The van der Waals surface area contributed by atoms with Gasteiger partial charge in [-0.3, -0.25) is 0 Å². The standard InChI is InChI=1S/C20H26IO.C6H6Cl6/c1-2-3-4-5-6-10-17-22-20-15-13-19(14-16-20)21-18-11-8-7-9-12-18;7-1-2(8)4(10)6(12)5(11)3(1)9/h7-9,11-16H,2-6,10,17H2,1H3;1-6H/q+1;/t;1-,2-,3-,4+,5+,6+. The van der Waals surface area contributed by atoms with E-state index < -0.39 is 32.3 Å². The minimum absolute atomic E-state index is 0.0655. The van der Waals surface area contributed by atoms with Crippen molar-refractivity contribution < 1.29 is 25.9 Å². The van der Waals surface area contributed by atoms with Crippen LogP contribution in [0.2, 0.25) is 0 Å². The molecule has 8 heteroatoms. The fraction of sp³-hybridized carbons (Fsp3) is 0.538. The van der Waals surface area contributed by atoms with E-state index in [9.17, 15) is 0 Å². The van der Waals surface area contributed by atoms with Gasteiger partial charge in [0.2, 0.25) is 0 Å². The van der Waals surface area contributed by atoms with E-state index in [2.05, 4.69) is 61.5 Å². The van der Waals surface area contributed by atoms with Crippen molar-refractivity contribution in [3.63, 3.8) is 0 Å². The summed E-state index contributed by atoms with van der Waals surface area (Å²) < 4.78 is 8.73. The Morgan fingerprint density at radius 1 is 0.588 bits per heavy atom. The number of hydrogen-bond donors (Lipinski definition) is 0. The van der Waals surface area contributed by atoms with Crippen LogP contribution in [0.15, 0.2) is 54.6 Å². The van der Waals surface area contributed by atoms with E-state index in [4.69, 9.17) is 74.3 Å². The zero-order chi connectivity index (χ0) is 24.9. The molecule has 0 atom stereocenters. The van der Waals surface area contributed by atoms with Crippen LogP contribution in [0.3, 0.4) is 0 Å². The molecule has 0 spiro atoms. The predicted molar refractivity (Wildman–Crippen MR) is 147 cm³/mol. The third-order valence-electron chi connectivity index (χ3n) is 5.36. The minimum Gasteiger partial charge on any atom is -0.494 e. The van der Waals surface area contributed by atoms with Gasteiger partial charge in [0.1, 0.15) is 5.75 Å². The van der Waals surface area contributed by atoms with E-state index in [0.717, 1.165) is 12.4 Å². The van der Waals surface area contributed by atoms with Gasteiger partial charge < -0.3 is 4.74 Å². The Bertz CT molecular complexity index is 735. The van der Waals surface area contributed by atoms with Crippen molar-refractivity contribution in [1.82, 2.24) is 0 Å². The molecule has 1 aliphatic carbocycles. The van der Waals surface area contributed by atoms with E-state index in [0.29, 0.717) is 0 Å². The quantitative estimate of drug-likeness (QED) is 0.163. The monoisotopic (exact) mass is 697 g/mol. The zero-order valence-electron chi connectivity index (χ0n) is 19.2. The lowest BCUT2D eigenvalue weighted by atomic mass is 9.97. The highest BCUT2D eigenvalue weighted by Gasteiger charge is 2.46. The molecule has 0 heterocycles. The number of alkyl halides is 6. The minimum atomic E-state index is -0.437. The predicted octanol–water partition coefficient (Wildman–Crippen LogP) is 6.20. The van der Waals surface area contributed by atoms with Crippen molar-refractivity contribution in [3.05, 3.63) is 61.7 Å². The molecule has 0 N–H and O–H groups in total. The summed E-state index contributed by atoms with van der Waals surface area (Å²) in [5.74, 6) is 1.01. The van der Waals surface area contributed by atoms with Crippen molar-refractivity contribution in [2.24, 2.45) is 0 Å². The molecule has 0 amide bonds. The van der Waals surface area contributed by atoms with Gasteiger partial charge in [-0.05, 0) is 42.8 Å². The molecular weight excluding hydrogens is 668 g/mol. The van der Waals surface area contributed by atoms with Gasteiger partial charge in [-0.1, -0.05) is 57.2 Å². The van der Waals surface area contributed by atoms with Crippen LogP contribution in [0.4, 0.5) is 0 Å². The van der Waals surface area contributed by atoms with E-state index in [1.54, 1.807) is 0 Å². The molecule has 1 fully saturated rings. The molecule has 0 bridgehead atoms. The molecule has 190 valence electrons. The second-order valence-electron chi connectivity index (χ2n) is 8.13. The number of hydrogen-bond acceptors (Lipinski definition) is 1. The molecule has 0 unspecified atom stereocenters. The lowest BCUT2D eigenvalue weighted by Crippen LogP contribution is -3.61. The summed E-state index contributed by atoms with van der Waals surface area (Å²) in [5, 5.41) is -2.62. The number of rotatable bonds is 10. The normalized spacial score (nSPS) is 26.4. The Balaban J connectivity index is 0.000000287. The Kier molecular flexibility index (Phi) is 15.7. The van der Waals surface area contributed by atoms with Crippen LogP contribution in [0.25, 0.3) is 0 Å². The molecule has 34 heavy (non-hydrogen) atoms. The fourth-order valence-electron chi connectivity index (χ4n) is 3.32. The summed E-state index contributed by atoms with van der Waals surface area (Å²) in [4.78, 5) is 0. The maximum Gasteiger partial charge on any atom is 0.357 e. The van der Waals surface area contributed by atoms with Gasteiger partial charge in [0.15, 0.2) is 7.14 Å². The third kappa shape index (κ3) is 10.6. The summed E-state index contributed by atoms with van der Waals surface area (Å²) in [6.07, 6.45) is 7.85. The topological polar surface area (TPSA) is 9.23 Å². The molecule has 0 radical (unpaired) electrons. The average Bonchev–Trinajstić information content (AvgIpc) is 2.86. The van der Waals surface area contributed by atoms with Gasteiger partial charge in [0.05, 0.1) is 38.9 Å².